The average molecular weight is 274 g/mol. The molecule has 0 bridgehead atoms. The van der Waals surface area contributed by atoms with E-state index >= 15 is 0 Å². The third-order valence-corrected chi connectivity index (χ3v) is 3.40. The van der Waals surface area contributed by atoms with Gasteiger partial charge in [0.05, 0.1) is 12.8 Å². The van der Waals surface area contributed by atoms with Crippen LogP contribution in [0.15, 0.2) is 23.1 Å². The number of hydrogen-bond acceptors (Lipinski definition) is 6. The summed E-state index contributed by atoms with van der Waals surface area (Å²) in [5.74, 6) is 0.563. The number of nitrogens with zero attached hydrogens (tertiary/aromatic N) is 3. The van der Waals surface area contributed by atoms with Gasteiger partial charge in [0, 0.05) is 30.4 Å². The first kappa shape index (κ1) is 12.7. The molecule has 7 heteroatoms. The van der Waals surface area contributed by atoms with Crippen molar-refractivity contribution in [2.75, 3.05) is 0 Å². The van der Waals surface area contributed by atoms with Crippen LogP contribution in [0.3, 0.4) is 0 Å². The average Bonchev–Trinajstić information content (AvgIpc) is 2.90. The molecule has 0 saturated carbocycles. The molecule has 0 saturated heterocycles. The second kappa shape index (κ2) is 5.38. The van der Waals surface area contributed by atoms with Gasteiger partial charge >= 0.3 is 0 Å². The molecular formula is C13H14N4O3. The maximum atomic E-state index is 12.0. The van der Waals surface area contributed by atoms with Gasteiger partial charge in [0.25, 0.3) is 5.91 Å². The number of aromatic nitrogens is 3. The number of carbonyl (C=O) groups is 1. The van der Waals surface area contributed by atoms with Crippen molar-refractivity contribution in [3.05, 3.63) is 41.3 Å². The zero-order valence-corrected chi connectivity index (χ0v) is 10.7. The molecule has 1 aliphatic rings. The lowest BCUT2D eigenvalue weighted by atomic mass is 9.92. The Morgan fingerprint density at radius 2 is 2.40 bits per heavy atom. The van der Waals surface area contributed by atoms with Crippen molar-refractivity contribution < 1.29 is 14.4 Å². The SMILES string of the molecule is O=C(NC1CCc2onc(CO)c2C1)c1cnccn1. The first-order chi connectivity index (χ1) is 9.78. The maximum Gasteiger partial charge on any atom is 0.271 e. The molecule has 104 valence electrons. The lowest BCUT2D eigenvalue weighted by Crippen LogP contribution is -2.39. The fourth-order valence-corrected chi connectivity index (χ4v) is 2.39. The Hall–Kier alpha value is -2.28. The summed E-state index contributed by atoms with van der Waals surface area (Å²) in [5.41, 5.74) is 1.76. The second-order valence-corrected chi connectivity index (χ2v) is 4.69. The first-order valence-electron chi connectivity index (χ1n) is 6.42. The molecule has 0 aliphatic heterocycles. The smallest absolute Gasteiger partial charge is 0.271 e. The summed E-state index contributed by atoms with van der Waals surface area (Å²) in [6, 6.07) is -0.0123. The van der Waals surface area contributed by atoms with E-state index in [0.717, 1.165) is 17.7 Å². The number of fused-ring (bicyclic) bond motifs is 1. The fraction of sp³-hybridized carbons (Fsp3) is 0.385. The number of hydrogen-bond donors (Lipinski definition) is 2. The van der Waals surface area contributed by atoms with Crippen LogP contribution in [-0.4, -0.2) is 32.2 Å². The Kier molecular flexibility index (Phi) is 3.42. The Labute approximate surface area is 115 Å². The van der Waals surface area contributed by atoms with Crippen LogP contribution in [0.5, 0.6) is 0 Å². The van der Waals surface area contributed by atoms with E-state index in [9.17, 15) is 9.90 Å². The van der Waals surface area contributed by atoms with E-state index in [4.69, 9.17) is 4.52 Å². The van der Waals surface area contributed by atoms with Crippen molar-refractivity contribution in [2.24, 2.45) is 0 Å². The number of nitrogens with one attached hydrogen (secondary N) is 1. The summed E-state index contributed by atoms with van der Waals surface area (Å²) < 4.78 is 5.17. The molecule has 2 aromatic heterocycles. The van der Waals surface area contributed by atoms with Crippen LogP contribution in [0.2, 0.25) is 0 Å². The van der Waals surface area contributed by atoms with Crippen molar-refractivity contribution >= 4 is 5.91 Å². The van der Waals surface area contributed by atoms with E-state index in [1.807, 2.05) is 0 Å². The predicted molar refractivity (Wildman–Crippen MR) is 67.7 cm³/mol. The number of carbonyl (C=O) groups excluding carboxylic acids is 1. The van der Waals surface area contributed by atoms with Gasteiger partial charge in [0.15, 0.2) is 0 Å². The number of aryl methyl sites for hydroxylation is 1. The summed E-state index contributed by atoms with van der Waals surface area (Å²) in [6.07, 6.45) is 6.53. The van der Waals surface area contributed by atoms with Crippen molar-refractivity contribution in [2.45, 2.75) is 31.9 Å². The minimum absolute atomic E-state index is 0.0123. The van der Waals surface area contributed by atoms with Gasteiger partial charge in [-0.25, -0.2) is 4.98 Å². The molecule has 1 atom stereocenters. The van der Waals surface area contributed by atoms with Crippen molar-refractivity contribution in [1.29, 1.82) is 0 Å². The largest absolute Gasteiger partial charge is 0.390 e. The van der Waals surface area contributed by atoms with Crippen molar-refractivity contribution in [1.82, 2.24) is 20.4 Å². The van der Waals surface area contributed by atoms with E-state index in [-0.39, 0.29) is 18.6 Å². The van der Waals surface area contributed by atoms with Crippen LogP contribution in [-0.2, 0) is 19.4 Å². The summed E-state index contributed by atoms with van der Waals surface area (Å²) in [5, 5.41) is 16.0. The highest BCUT2D eigenvalue weighted by molar-refractivity contribution is 5.92. The Balaban J connectivity index is 1.70. The molecule has 0 aromatic carbocycles. The van der Waals surface area contributed by atoms with Crippen molar-refractivity contribution in [3.63, 3.8) is 0 Å². The van der Waals surface area contributed by atoms with E-state index in [1.165, 1.54) is 18.6 Å². The second-order valence-electron chi connectivity index (χ2n) is 4.69. The number of aliphatic hydroxyl groups excluding tert-OH is 1. The molecule has 3 rings (SSSR count). The van der Waals surface area contributed by atoms with Gasteiger partial charge in [0.2, 0.25) is 0 Å². The van der Waals surface area contributed by atoms with Gasteiger partial charge in [-0.15, -0.1) is 0 Å². The standard InChI is InChI=1S/C13H14N4O3/c18-7-11-9-5-8(1-2-12(9)20-17-11)16-13(19)10-6-14-3-4-15-10/h3-4,6,8,18H,1-2,5,7H2,(H,16,19). The van der Waals surface area contributed by atoms with E-state index in [2.05, 4.69) is 20.4 Å². The third-order valence-electron chi connectivity index (χ3n) is 3.40. The maximum absolute atomic E-state index is 12.0. The molecule has 1 unspecified atom stereocenters. The molecule has 0 fully saturated rings. The van der Waals surface area contributed by atoms with E-state index < -0.39 is 0 Å². The lowest BCUT2D eigenvalue weighted by Gasteiger charge is -2.22. The van der Waals surface area contributed by atoms with Gasteiger partial charge in [0.1, 0.15) is 17.1 Å². The first-order valence-corrected chi connectivity index (χ1v) is 6.42. The highest BCUT2D eigenvalue weighted by Gasteiger charge is 2.26. The lowest BCUT2D eigenvalue weighted by molar-refractivity contribution is 0.0927. The number of rotatable bonds is 3. The fourth-order valence-electron chi connectivity index (χ4n) is 2.39. The van der Waals surface area contributed by atoms with E-state index in [1.54, 1.807) is 0 Å². The molecule has 2 aromatic rings. The molecule has 7 nitrogen and oxygen atoms in total. The highest BCUT2D eigenvalue weighted by Crippen LogP contribution is 2.24. The minimum atomic E-state index is -0.242. The molecule has 0 radical (unpaired) electrons. The quantitative estimate of drug-likeness (QED) is 0.831. The zero-order valence-electron chi connectivity index (χ0n) is 10.7. The summed E-state index contributed by atoms with van der Waals surface area (Å²) >= 11 is 0. The highest BCUT2D eigenvalue weighted by atomic mass is 16.5. The molecule has 0 spiro atoms. The Morgan fingerprint density at radius 3 is 3.15 bits per heavy atom. The molecular weight excluding hydrogens is 260 g/mol. The summed E-state index contributed by atoms with van der Waals surface area (Å²) in [6.45, 7) is -0.149. The van der Waals surface area contributed by atoms with Crippen LogP contribution in [0, 0.1) is 0 Å². The van der Waals surface area contributed by atoms with Gasteiger partial charge in [-0.1, -0.05) is 5.16 Å². The number of amides is 1. The topological polar surface area (TPSA) is 101 Å². The molecule has 2 N–H and O–H groups in total. The predicted octanol–water partition coefficient (Wildman–Crippen LogP) is 0.244. The van der Waals surface area contributed by atoms with Gasteiger partial charge in [-0.2, -0.15) is 0 Å². The third kappa shape index (κ3) is 2.39. The van der Waals surface area contributed by atoms with Gasteiger partial charge in [-0.05, 0) is 12.8 Å². The molecule has 1 amide bonds. The van der Waals surface area contributed by atoms with Crippen LogP contribution in [0.1, 0.15) is 33.9 Å². The molecule has 20 heavy (non-hydrogen) atoms. The van der Waals surface area contributed by atoms with Crippen LogP contribution in [0.25, 0.3) is 0 Å². The van der Waals surface area contributed by atoms with Crippen molar-refractivity contribution in [3.8, 4) is 0 Å². The van der Waals surface area contributed by atoms with Gasteiger partial charge < -0.3 is 14.9 Å². The molecule has 1 aliphatic carbocycles. The van der Waals surface area contributed by atoms with E-state index in [0.29, 0.717) is 24.2 Å². The normalized spacial score (nSPS) is 17.6. The zero-order chi connectivity index (χ0) is 13.9. The summed E-state index contributed by atoms with van der Waals surface area (Å²) in [4.78, 5) is 19.9. The van der Waals surface area contributed by atoms with Crippen LogP contribution in [0.4, 0.5) is 0 Å². The van der Waals surface area contributed by atoms with Gasteiger partial charge in [-0.3, -0.25) is 9.78 Å². The summed E-state index contributed by atoms with van der Waals surface area (Å²) in [7, 11) is 0. The van der Waals surface area contributed by atoms with Crippen LogP contribution < -0.4 is 5.32 Å². The molecule has 2 heterocycles. The monoisotopic (exact) mass is 274 g/mol. The van der Waals surface area contributed by atoms with Crippen LogP contribution >= 0.6 is 0 Å². The minimum Gasteiger partial charge on any atom is -0.390 e. The number of aliphatic hydroxyl groups is 1. The Bertz CT molecular complexity index is 598. The Morgan fingerprint density at radius 1 is 1.50 bits per heavy atom.